The molecule has 5 nitrogen and oxygen atoms in total. The quantitative estimate of drug-likeness (QED) is 0.802. The first kappa shape index (κ1) is 18.9. The lowest BCUT2D eigenvalue weighted by Gasteiger charge is -2.35. The van der Waals surface area contributed by atoms with Crippen LogP contribution in [-0.4, -0.2) is 54.1 Å². The number of rotatable bonds is 3. The number of nitrogens with zero attached hydrogens (tertiary/aromatic N) is 3. The van der Waals surface area contributed by atoms with Crippen molar-refractivity contribution >= 4 is 17.2 Å². The number of hydrogen-bond donors (Lipinski definition) is 0. The Labute approximate surface area is 153 Å². The minimum Gasteiger partial charge on any atom is -0.351 e. The van der Waals surface area contributed by atoms with Gasteiger partial charge in [-0.1, -0.05) is 5.16 Å². The lowest BCUT2D eigenvalue weighted by molar-refractivity contribution is -0.156. The van der Waals surface area contributed by atoms with Gasteiger partial charge in [-0.05, 0) is 46.0 Å². The summed E-state index contributed by atoms with van der Waals surface area (Å²) in [6.07, 6.45) is -2.60. The van der Waals surface area contributed by atoms with Crippen molar-refractivity contribution in [2.45, 2.75) is 32.0 Å². The average molecular weight is 387 g/mol. The van der Waals surface area contributed by atoms with Gasteiger partial charge in [-0.3, -0.25) is 4.79 Å². The van der Waals surface area contributed by atoms with Crippen molar-refractivity contribution in [1.29, 1.82) is 0 Å². The zero-order valence-electron chi connectivity index (χ0n) is 14.8. The Hall–Kier alpha value is -1.87. The highest BCUT2D eigenvalue weighted by Gasteiger charge is 2.39. The van der Waals surface area contributed by atoms with E-state index in [0.29, 0.717) is 28.9 Å². The molecule has 1 aliphatic rings. The topological polar surface area (TPSA) is 49.6 Å². The molecule has 2 aromatic heterocycles. The molecule has 3 heterocycles. The van der Waals surface area contributed by atoms with E-state index in [2.05, 4.69) is 14.6 Å². The van der Waals surface area contributed by atoms with E-state index >= 15 is 0 Å². The van der Waals surface area contributed by atoms with Crippen molar-refractivity contribution in [2.75, 3.05) is 27.2 Å². The number of hydrogen-bond acceptors (Lipinski definition) is 5. The molecule has 0 aliphatic carbocycles. The highest BCUT2D eigenvalue weighted by Crippen LogP contribution is 2.38. The minimum absolute atomic E-state index is 0.0657. The third-order valence-electron chi connectivity index (χ3n) is 4.65. The van der Waals surface area contributed by atoms with Gasteiger partial charge >= 0.3 is 6.18 Å². The largest absolute Gasteiger partial charge is 0.452 e. The van der Waals surface area contributed by atoms with E-state index in [4.69, 9.17) is 0 Å². The lowest BCUT2D eigenvalue weighted by Crippen LogP contribution is -2.47. The van der Waals surface area contributed by atoms with Crippen LogP contribution in [0.25, 0.3) is 10.6 Å². The van der Waals surface area contributed by atoms with Crippen molar-refractivity contribution in [3.05, 3.63) is 28.3 Å². The molecular weight excluding hydrogens is 367 g/mol. The molecule has 0 aromatic carbocycles. The Morgan fingerprint density at radius 2 is 2.12 bits per heavy atom. The fourth-order valence-electron chi connectivity index (χ4n) is 3.13. The molecule has 1 aliphatic heterocycles. The van der Waals surface area contributed by atoms with Crippen LogP contribution < -0.4 is 0 Å². The molecule has 1 fully saturated rings. The van der Waals surface area contributed by atoms with E-state index in [1.165, 1.54) is 6.92 Å². The van der Waals surface area contributed by atoms with Crippen molar-refractivity contribution < 1.29 is 22.5 Å². The molecule has 142 valence electrons. The van der Waals surface area contributed by atoms with Gasteiger partial charge < -0.3 is 14.3 Å². The summed E-state index contributed by atoms with van der Waals surface area (Å²) in [5.74, 6) is -1.19. The summed E-state index contributed by atoms with van der Waals surface area (Å²) in [5.41, 5.74) is 0.0650. The summed E-state index contributed by atoms with van der Waals surface area (Å²) >= 11 is 1.14. The molecule has 9 heteroatoms. The predicted octanol–water partition coefficient (Wildman–Crippen LogP) is 3.90. The summed E-state index contributed by atoms with van der Waals surface area (Å²) in [7, 11) is 3.99. The van der Waals surface area contributed by atoms with Gasteiger partial charge in [0.05, 0.1) is 9.75 Å². The Balaban J connectivity index is 1.80. The molecule has 3 rings (SSSR count). The highest BCUT2D eigenvalue weighted by molar-refractivity contribution is 7.17. The van der Waals surface area contributed by atoms with E-state index < -0.39 is 11.9 Å². The number of amides is 1. The van der Waals surface area contributed by atoms with Gasteiger partial charge in [0.1, 0.15) is 5.69 Å². The fraction of sp³-hybridized carbons (Fsp3) is 0.529. The predicted molar refractivity (Wildman–Crippen MR) is 92.2 cm³/mol. The molecule has 1 saturated heterocycles. The molecule has 0 unspecified atom stereocenters. The first-order valence-electron chi connectivity index (χ1n) is 8.28. The maximum atomic E-state index is 12.9. The monoisotopic (exact) mass is 387 g/mol. The van der Waals surface area contributed by atoms with Crippen molar-refractivity contribution in [3.63, 3.8) is 0 Å². The molecule has 0 bridgehead atoms. The molecule has 0 N–H and O–H groups in total. The number of carbonyl (C=O) groups excluding carboxylic acids is 1. The average Bonchev–Trinajstić information content (AvgIpc) is 3.20. The molecular formula is C17H20F3N3O2S. The van der Waals surface area contributed by atoms with Crippen LogP contribution in [0.3, 0.4) is 0 Å². The molecule has 0 saturated carbocycles. The highest BCUT2D eigenvalue weighted by atomic mass is 32.1. The Morgan fingerprint density at radius 1 is 1.38 bits per heavy atom. The van der Waals surface area contributed by atoms with Crippen LogP contribution in [-0.2, 0) is 6.18 Å². The summed E-state index contributed by atoms with van der Waals surface area (Å²) in [4.78, 5) is 17.7. The van der Waals surface area contributed by atoms with E-state index in [-0.39, 0.29) is 17.2 Å². The van der Waals surface area contributed by atoms with Gasteiger partial charge in [-0.25, -0.2) is 0 Å². The molecule has 0 spiro atoms. The molecule has 2 aromatic rings. The smallest absolute Gasteiger partial charge is 0.351 e. The Kier molecular flexibility index (Phi) is 5.12. The molecule has 26 heavy (non-hydrogen) atoms. The van der Waals surface area contributed by atoms with E-state index in [1.54, 1.807) is 17.0 Å². The number of likely N-dealkylation sites (tertiary alicyclic amines) is 1. The second-order valence-electron chi connectivity index (χ2n) is 6.66. The SMILES string of the molecule is Cc1c(-c2ccc(C(=O)N3CCC[C@@H](N(C)C)C3)s2)noc1C(F)(F)F. The fourth-order valence-corrected chi connectivity index (χ4v) is 4.14. The number of likely N-dealkylation sites (N-methyl/N-ethyl adjacent to an activating group) is 1. The van der Waals surface area contributed by atoms with E-state index in [0.717, 1.165) is 24.2 Å². The summed E-state index contributed by atoms with van der Waals surface area (Å²) in [6.45, 7) is 2.67. The van der Waals surface area contributed by atoms with Crippen LogP contribution in [0.1, 0.15) is 33.8 Å². The number of carbonyl (C=O) groups is 1. The Morgan fingerprint density at radius 3 is 2.73 bits per heavy atom. The number of piperidine rings is 1. The zero-order valence-corrected chi connectivity index (χ0v) is 15.6. The maximum absolute atomic E-state index is 12.9. The lowest BCUT2D eigenvalue weighted by atomic mass is 10.0. The van der Waals surface area contributed by atoms with Crippen LogP contribution in [0.2, 0.25) is 0 Å². The first-order valence-corrected chi connectivity index (χ1v) is 9.09. The molecule has 1 atom stereocenters. The minimum atomic E-state index is -4.58. The number of thiophene rings is 1. The van der Waals surface area contributed by atoms with Gasteiger partial charge in [0.15, 0.2) is 0 Å². The normalized spacial score (nSPS) is 18.6. The van der Waals surface area contributed by atoms with Gasteiger partial charge in [0.2, 0.25) is 5.76 Å². The molecule has 1 amide bonds. The van der Waals surface area contributed by atoms with E-state index in [1.807, 2.05) is 14.1 Å². The van der Waals surface area contributed by atoms with Crippen LogP contribution in [0.15, 0.2) is 16.7 Å². The van der Waals surface area contributed by atoms with Gasteiger partial charge in [0.25, 0.3) is 5.91 Å². The second kappa shape index (κ2) is 7.03. The standard InChI is InChI=1S/C17H20F3N3O2S/c1-10-14(21-25-15(10)17(18,19)20)12-6-7-13(26-12)16(24)23-8-4-5-11(9-23)22(2)3/h6-7,11H,4-5,8-9H2,1-3H3/t11-/m1/s1. The van der Waals surface area contributed by atoms with Crippen molar-refractivity contribution in [2.24, 2.45) is 0 Å². The molecule has 0 radical (unpaired) electrons. The third-order valence-corrected chi connectivity index (χ3v) is 5.73. The van der Waals surface area contributed by atoms with Crippen molar-refractivity contribution in [1.82, 2.24) is 15.0 Å². The van der Waals surface area contributed by atoms with Gasteiger partial charge in [-0.15, -0.1) is 11.3 Å². The van der Waals surface area contributed by atoms with Crippen molar-refractivity contribution in [3.8, 4) is 10.6 Å². The summed E-state index contributed by atoms with van der Waals surface area (Å²) in [6, 6.07) is 3.58. The third kappa shape index (κ3) is 3.64. The van der Waals surface area contributed by atoms with Gasteiger partial charge in [-0.2, -0.15) is 13.2 Å². The Bertz CT molecular complexity index is 798. The maximum Gasteiger partial charge on any atom is 0.452 e. The van der Waals surface area contributed by atoms with E-state index in [9.17, 15) is 18.0 Å². The number of aromatic nitrogens is 1. The number of alkyl halides is 3. The summed E-state index contributed by atoms with van der Waals surface area (Å²) in [5, 5.41) is 3.56. The first-order chi connectivity index (χ1) is 12.2. The number of halogens is 3. The summed E-state index contributed by atoms with van der Waals surface area (Å²) < 4.78 is 43.1. The van der Waals surface area contributed by atoms with Crippen LogP contribution in [0, 0.1) is 6.92 Å². The second-order valence-corrected chi connectivity index (χ2v) is 7.74. The van der Waals surface area contributed by atoms with Crippen LogP contribution >= 0.6 is 11.3 Å². The van der Waals surface area contributed by atoms with Crippen LogP contribution in [0.5, 0.6) is 0 Å². The van der Waals surface area contributed by atoms with Crippen LogP contribution in [0.4, 0.5) is 13.2 Å². The zero-order chi connectivity index (χ0) is 19.1. The van der Waals surface area contributed by atoms with Gasteiger partial charge in [0, 0.05) is 24.7 Å².